The van der Waals surface area contributed by atoms with Crippen LogP contribution in [-0.4, -0.2) is 73.9 Å². The van der Waals surface area contributed by atoms with E-state index >= 15 is 0 Å². The van der Waals surface area contributed by atoms with E-state index in [1.165, 1.54) is 0 Å². The molecule has 1 unspecified atom stereocenters. The molecule has 0 amide bonds. The first-order chi connectivity index (χ1) is 10.1. The average Bonchev–Trinajstić information content (AvgIpc) is 2.48. The van der Waals surface area contributed by atoms with Crippen molar-refractivity contribution in [3.8, 4) is 0 Å². The van der Waals surface area contributed by atoms with Crippen LogP contribution in [0.15, 0.2) is 0 Å². The lowest BCUT2D eigenvalue weighted by Crippen LogP contribution is -2.51. The standard InChI is InChI=1S/C16H30N2O3/c1-4-20-16(19)14-6-5-7-17(10-14)11-15-12-18(13(2)3)8-9-21-15/h13-15H,4-12H2,1-3H3/t14-,15?/m1/s1. The Balaban J connectivity index is 1.80. The fourth-order valence-corrected chi connectivity index (χ4v) is 3.28. The van der Waals surface area contributed by atoms with Crippen LogP contribution in [0.4, 0.5) is 0 Å². The van der Waals surface area contributed by atoms with Gasteiger partial charge in [0, 0.05) is 32.2 Å². The van der Waals surface area contributed by atoms with E-state index in [1.54, 1.807) is 0 Å². The zero-order valence-corrected chi connectivity index (χ0v) is 13.7. The van der Waals surface area contributed by atoms with Crippen LogP contribution in [0, 0.1) is 5.92 Å². The molecule has 5 heteroatoms. The molecular weight excluding hydrogens is 268 g/mol. The summed E-state index contributed by atoms with van der Waals surface area (Å²) in [7, 11) is 0. The van der Waals surface area contributed by atoms with Gasteiger partial charge >= 0.3 is 5.97 Å². The predicted molar refractivity (Wildman–Crippen MR) is 82.2 cm³/mol. The minimum Gasteiger partial charge on any atom is -0.466 e. The fourth-order valence-electron chi connectivity index (χ4n) is 3.28. The molecule has 0 aromatic rings. The largest absolute Gasteiger partial charge is 0.466 e. The van der Waals surface area contributed by atoms with Gasteiger partial charge in [0.05, 0.1) is 25.2 Å². The van der Waals surface area contributed by atoms with E-state index in [1.807, 2.05) is 6.92 Å². The molecule has 2 heterocycles. The third kappa shape index (κ3) is 4.94. The summed E-state index contributed by atoms with van der Waals surface area (Å²) in [5.41, 5.74) is 0. The lowest BCUT2D eigenvalue weighted by molar-refractivity contribution is -0.150. The fraction of sp³-hybridized carbons (Fsp3) is 0.938. The van der Waals surface area contributed by atoms with Crippen molar-refractivity contribution in [2.24, 2.45) is 5.92 Å². The van der Waals surface area contributed by atoms with Crippen molar-refractivity contribution in [3.05, 3.63) is 0 Å². The Morgan fingerprint density at radius 1 is 1.33 bits per heavy atom. The van der Waals surface area contributed by atoms with Crippen molar-refractivity contribution < 1.29 is 14.3 Å². The van der Waals surface area contributed by atoms with E-state index in [9.17, 15) is 4.79 Å². The van der Waals surface area contributed by atoms with Crippen LogP contribution in [0.5, 0.6) is 0 Å². The Hall–Kier alpha value is -0.650. The molecule has 0 aliphatic carbocycles. The van der Waals surface area contributed by atoms with Crippen molar-refractivity contribution in [3.63, 3.8) is 0 Å². The van der Waals surface area contributed by atoms with Crippen LogP contribution >= 0.6 is 0 Å². The van der Waals surface area contributed by atoms with Crippen molar-refractivity contribution in [2.45, 2.75) is 45.8 Å². The molecule has 2 aliphatic heterocycles. The third-order valence-electron chi connectivity index (χ3n) is 4.49. The van der Waals surface area contributed by atoms with E-state index in [2.05, 4.69) is 23.6 Å². The Bertz CT molecular complexity index is 335. The molecule has 0 spiro atoms. The SMILES string of the molecule is CCOC(=O)[C@@H]1CCCN(CC2CN(C(C)C)CCO2)C1. The highest BCUT2D eigenvalue weighted by Crippen LogP contribution is 2.19. The molecule has 0 radical (unpaired) electrons. The molecule has 0 aromatic heterocycles. The van der Waals surface area contributed by atoms with E-state index in [4.69, 9.17) is 9.47 Å². The number of nitrogens with zero attached hydrogens (tertiary/aromatic N) is 2. The molecule has 0 N–H and O–H groups in total. The summed E-state index contributed by atoms with van der Waals surface area (Å²) < 4.78 is 11.1. The Morgan fingerprint density at radius 2 is 2.14 bits per heavy atom. The number of ether oxygens (including phenoxy) is 2. The summed E-state index contributed by atoms with van der Waals surface area (Å²) in [5.74, 6) is 0.0130. The average molecular weight is 298 g/mol. The number of rotatable bonds is 5. The maximum absolute atomic E-state index is 11.9. The Morgan fingerprint density at radius 3 is 2.86 bits per heavy atom. The number of esters is 1. The van der Waals surface area contributed by atoms with Crippen LogP contribution in [0.1, 0.15) is 33.6 Å². The van der Waals surface area contributed by atoms with Gasteiger partial charge in [0.25, 0.3) is 0 Å². The minimum absolute atomic E-state index is 0.0319. The maximum Gasteiger partial charge on any atom is 0.310 e. The summed E-state index contributed by atoms with van der Waals surface area (Å²) >= 11 is 0. The van der Waals surface area contributed by atoms with Crippen molar-refractivity contribution in [2.75, 3.05) is 45.9 Å². The van der Waals surface area contributed by atoms with Crippen LogP contribution in [0.25, 0.3) is 0 Å². The molecular formula is C16H30N2O3. The quantitative estimate of drug-likeness (QED) is 0.717. The summed E-state index contributed by atoms with van der Waals surface area (Å²) in [6, 6.07) is 0.574. The molecule has 2 fully saturated rings. The highest BCUT2D eigenvalue weighted by atomic mass is 16.5. The van der Waals surface area contributed by atoms with Gasteiger partial charge in [-0.1, -0.05) is 0 Å². The first kappa shape index (κ1) is 16.7. The predicted octanol–water partition coefficient (Wildman–Crippen LogP) is 1.37. The molecule has 0 saturated carbocycles. The van der Waals surface area contributed by atoms with E-state index in [0.29, 0.717) is 12.6 Å². The second-order valence-corrected chi connectivity index (χ2v) is 6.43. The second kappa shape index (κ2) is 8.11. The zero-order chi connectivity index (χ0) is 15.2. The molecule has 122 valence electrons. The number of carbonyl (C=O) groups is 1. The molecule has 2 aliphatic rings. The Kier molecular flexibility index (Phi) is 6.45. The highest BCUT2D eigenvalue weighted by Gasteiger charge is 2.30. The number of hydrogen-bond acceptors (Lipinski definition) is 5. The van der Waals surface area contributed by atoms with Gasteiger partial charge in [-0.15, -0.1) is 0 Å². The van der Waals surface area contributed by atoms with Gasteiger partial charge in [0.15, 0.2) is 0 Å². The van der Waals surface area contributed by atoms with Gasteiger partial charge < -0.3 is 9.47 Å². The molecule has 2 rings (SSSR count). The number of piperidine rings is 1. The van der Waals surface area contributed by atoms with Crippen molar-refractivity contribution >= 4 is 5.97 Å². The van der Waals surface area contributed by atoms with Crippen molar-refractivity contribution in [1.82, 2.24) is 9.80 Å². The summed E-state index contributed by atoms with van der Waals surface area (Å²) in [6.07, 6.45) is 2.30. The third-order valence-corrected chi connectivity index (χ3v) is 4.49. The van der Waals surface area contributed by atoms with Crippen LogP contribution < -0.4 is 0 Å². The van der Waals surface area contributed by atoms with Crippen LogP contribution in [0.3, 0.4) is 0 Å². The van der Waals surface area contributed by atoms with Crippen LogP contribution in [0.2, 0.25) is 0 Å². The summed E-state index contributed by atoms with van der Waals surface area (Å²) in [4.78, 5) is 16.7. The van der Waals surface area contributed by atoms with Gasteiger partial charge in [0.1, 0.15) is 0 Å². The topological polar surface area (TPSA) is 42.0 Å². The zero-order valence-electron chi connectivity index (χ0n) is 13.7. The number of morpholine rings is 1. The normalized spacial score (nSPS) is 28.8. The smallest absolute Gasteiger partial charge is 0.310 e. The summed E-state index contributed by atoms with van der Waals surface area (Å²) in [5, 5.41) is 0. The molecule has 0 aromatic carbocycles. The lowest BCUT2D eigenvalue weighted by atomic mass is 9.98. The Labute approximate surface area is 128 Å². The molecule has 5 nitrogen and oxygen atoms in total. The van der Waals surface area contributed by atoms with Gasteiger partial charge in [-0.3, -0.25) is 14.6 Å². The molecule has 0 bridgehead atoms. The first-order valence-corrected chi connectivity index (χ1v) is 8.34. The molecule has 21 heavy (non-hydrogen) atoms. The van der Waals surface area contributed by atoms with Gasteiger partial charge in [0.2, 0.25) is 0 Å². The maximum atomic E-state index is 11.9. The van der Waals surface area contributed by atoms with E-state index in [0.717, 1.165) is 52.2 Å². The summed E-state index contributed by atoms with van der Waals surface area (Å²) in [6.45, 7) is 12.5. The first-order valence-electron chi connectivity index (χ1n) is 8.34. The molecule has 2 saturated heterocycles. The van der Waals surface area contributed by atoms with Crippen LogP contribution in [-0.2, 0) is 14.3 Å². The number of hydrogen-bond donors (Lipinski definition) is 0. The van der Waals surface area contributed by atoms with Gasteiger partial charge in [-0.25, -0.2) is 0 Å². The second-order valence-electron chi connectivity index (χ2n) is 6.43. The lowest BCUT2D eigenvalue weighted by Gasteiger charge is -2.39. The van der Waals surface area contributed by atoms with Gasteiger partial charge in [-0.2, -0.15) is 0 Å². The monoisotopic (exact) mass is 298 g/mol. The highest BCUT2D eigenvalue weighted by molar-refractivity contribution is 5.72. The van der Waals surface area contributed by atoms with E-state index < -0.39 is 0 Å². The molecule has 2 atom stereocenters. The number of likely N-dealkylation sites (tertiary alicyclic amines) is 1. The van der Waals surface area contributed by atoms with Crippen molar-refractivity contribution in [1.29, 1.82) is 0 Å². The van der Waals surface area contributed by atoms with E-state index in [-0.39, 0.29) is 18.0 Å². The minimum atomic E-state index is -0.0319. The van der Waals surface area contributed by atoms with Gasteiger partial charge in [-0.05, 0) is 40.2 Å². The number of carbonyl (C=O) groups excluding carboxylic acids is 1.